The van der Waals surface area contributed by atoms with Crippen LogP contribution in [-0.2, 0) is 11.2 Å². The molecule has 0 saturated carbocycles. The summed E-state index contributed by atoms with van der Waals surface area (Å²) in [6.45, 7) is 0. The zero-order valence-electron chi connectivity index (χ0n) is 8.74. The van der Waals surface area contributed by atoms with Crippen molar-refractivity contribution in [3.05, 3.63) is 28.2 Å². The smallest absolute Gasteiger partial charge is 0.142 e. The van der Waals surface area contributed by atoms with Gasteiger partial charge in [0.15, 0.2) is 0 Å². The van der Waals surface area contributed by atoms with Crippen molar-refractivity contribution in [1.82, 2.24) is 4.98 Å². The molecule has 2 rings (SSSR count). The molecule has 1 aromatic heterocycles. The lowest BCUT2D eigenvalue weighted by molar-refractivity contribution is -0.117. The molecular weight excluding hydrogens is 206 g/mol. The molecule has 1 aromatic rings. The fraction of sp³-hybridized carbons (Fsp3) is 0.500. The molecule has 0 aromatic carbocycles. The van der Waals surface area contributed by atoms with Crippen LogP contribution in [-0.4, -0.2) is 10.8 Å². The number of aromatic nitrogens is 1. The van der Waals surface area contributed by atoms with Crippen molar-refractivity contribution in [1.29, 1.82) is 0 Å². The van der Waals surface area contributed by atoms with Gasteiger partial charge in [0.25, 0.3) is 0 Å². The zero-order valence-corrected chi connectivity index (χ0v) is 9.55. The van der Waals surface area contributed by atoms with Crippen molar-refractivity contribution in [2.24, 2.45) is 0 Å². The van der Waals surface area contributed by atoms with E-state index in [-0.39, 0.29) is 0 Å². The molecule has 0 N–H and O–H groups in total. The molecule has 0 fully saturated rings. The third-order valence-electron chi connectivity index (χ3n) is 2.66. The van der Waals surface area contributed by atoms with Crippen LogP contribution in [0, 0.1) is 0 Å². The minimum Gasteiger partial charge on any atom is -0.299 e. The molecule has 1 aliphatic carbocycles. The first-order valence-electron chi connectivity index (χ1n) is 5.41. The quantitative estimate of drug-likeness (QED) is 0.731. The summed E-state index contributed by atoms with van der Waals surface area (Å²) in [6, 6.07) is 0. The second-order valence-electron chi connectivity index (χ2n) is 3.97. The van der Waals surface area contributed by atoms with Gasteiger partial charge in [-0.1, -0.05) is 11.6 Å². The van der Waals surface area contributed by atoms with E-state index in [0.29, 0.717) is 18.6 Å². The Balaban J connectivity index is 1.84. The van der Waals surface area contributed by atoms with Gasteiger partial charge in [0.2, 0.25) is 0 Å². The van der Waals surface area contributed by atoms with Crippen LogP contribution in [0.15, 0.2) is 23.4 Å². The summed E-state index contributed by atoms with van der Waals surface area (Å²) in [4.78, 5) is 16.8. The molecule has 0 spiro atoms. The van der Waals surface area contributed by atoms with Crippen LogP contribution in [0.25, 0.3) is 0 Å². The summed E-state index contributed by atoms with van der Waals surface area (Å²) >= 11 is 1.56. The fourth-order valence-electron chi connectivity index (χ4n) is 1.90. The largest absolute Gasteiger partial charge is 0.299 e. The maximum absolute atomic E-state index is 11.7. The van der Waals surface area contributed by atoms with E-state index in [1.54, 1.807) is 23.0 Å². The number of ketones is 1. The van der Waals surface area contributed by atoms with Gasteiger partial charge in [-0.15, -0.1) is 11.3 Å². The molecule has 2 nitrogen and oxygen atoms in total. The van der Waals surface area contributed by atoms with E-state index in [2.05, 4.69) is 11.1 Å². The van der Waals surface area contributed by atoms with Crippen LogP contribution in [0.5, 0.6) is 0 Å². The number of Topliss-reactive ketones (excluding diaryl/α,β-unsaturated/α-hetero) is 1. The van der Waals surface area contributed by atoms with Gasteiger partial charge in [0, 0.05) is 23.9 Å². The SMILES string of the molecule is O=C(CC1=CCCCC1)Cc1cncs1. The molecule has 0 aliphatic heterocycles. The maximum Gasteiger partial charge on any atom is 0.142 e. The summed E-state index contributed by atoms with van der Waals surface area (Å²) in [5, 5.41) is 0. The number of rotatable bonds is 4. The standard InChI is InChI=1S/C12H15NOS/c14-11(7-12-8-13-9-15-12)6-10-4-2-1-3-5-10/h4,8-9H,1-3,5-7H2. The highest BCUT2D eigenvalue weighted by Gasteiger charge is 2.10. The van der Waals surface area contributed by atoms with Crippen LogP contribution in [0.2, 0.25) is 0 Å². The van der Waals surface area contributed by atoms with Gasteiger partial charge in [-0.2, -0.15) is 0 Å². The Kier molecular flexibility index (Phi) is 3.67. The fourth-order valence-corrected chi connectivity index (χ4v) is 2.53. The van der Waals surface area contributed by atoms with Crippen LogP contribution < -0.4 is 0 Å². The summed E-state index contributed by atoms with van der Waals surface area (Å²) in [6.07, 6.45) is 10.1. The molecule has 3 heteroatoms. The van der Waals surface area contributed by atoms with Crippen LogP contribution in [0.4, 0.5) is 0 Å². The van der Waals surface area contributed by atoms with Crippen molar-refractivity contribution in [3.63, 3.8) is 0 Å². The predicted molar refractivity (Wildman–Crippen MR) is 62.0 cm³/mol. The summed E-state index contributed by atoms with van der Waals surface area (Å²) < 4.78 is 0. The highest BCUT2D eigenvalue weighted by atomic mass is 32.1. The number of nitrogens with zero attached hydrogens (tertiary/aromatic N) is 1. The molecule has 0 amide bonds. The highest BCUT2D eigenvalue weighted by molar-refractivity contribution is 7.09. The Hall–Kier alpha value is -0.960. The summed E-state index contributed by atoms with van der Waals surface area (Å²) in [7, 11) is 0. The van der Waals surface area contributed by atoms with Gasteiger partial charge in [0.1, 0.15) is 5.78 Å². The number of allylic oxidation sites excluding steroid dienone is 2. The molecule has 1 aliphatic rings. The molecular formula is C12H15NOS. The van der Waals surface area contributed by atoms with Gasteiger partial charge in [-0.25, -0.2) is 0 Å². The monoisotopic (exact) mass is 221 g/mol. The first kappa shape index (κ1) is 10.6. The molecule has 15 heavy (non-hydrogen) atoms. The van der Waals surface area contributed by atoms with Gasteiger partial charge >= 0.3 is 0 Å². The Bertz CT molecular complexity index is 354. The zero-order chi connectivity index (χ0) is 10.5. The topological polar surface area (TPSA) is 30.0 Å². The van der Waals surface area contributed by atoms with E-state index < -0.39 is 0 Å². The Morgan fingerprint density at radius 3 is 3.00 bits per heavy atom. The van der Waals surface area contributed by atoms with E-state index >= 15 is 0 Å². The molecule has 0 saturated heterocycles. The predicted octanol–water partition coefficient (Wildman–Crippen LogP) is 3.15. The van der Waals surface area contributed by atoms with E-state index in [4.69, 9.17) is 0 Å². The first-order valence-corrected chi connectivity index (χ1v) is 6.29. The Labute approximate surface area is 94.0 Å². The third-order valence-corrected chi connectivity index (χ3v) is 3.44. The van der Waals surface area contributed by atoms with E-state index in [1.807, 2.05) is 0 Å². The van der Waals surface area contributed by atoms with Crippen LogP contribution >= 0.6 is 11.3 Å². The number of hydrogen-bond acceptors (Lipinski definition) is 3. The average molecular weight is 221 g/mol. The molecule has 80 valence electrons. The summed E-state index contributed by atoms with van der Waals surface area (Å²) in [5.41, 5.74) is 3.12. The van der Waals surface area contributed by atoms with Crippen molar-refractivity contribution in [3.8, 4) is 0 Å². The molecule has 0 radical (unpaired) electrons. The lowest BCUT2D eigenvalue weighted by Gasteiger charge is -2.11. The van der Waals surface area contributed by atoms with E-state index in [1.165, 1.54) is 18.4 Å². The van der Waals surface area contributed by atoms with Gasteiger partial charge < -0.3 is 0 Å². The van der Waals surface area contributed by atoms with Crippen LogP contribution in [0.1, 0.15) is 37.0 Å². The minimum atomic E-state index is 0.326. The van der Waals surface area contributed by atoms with E-state index in [0.717, 1.165) is 17.7 Å². The van der Waals surface area contributed by atoms with Crippen LogP contribution in [0.3, 0.4) is 0 Å². The second-order valence-corrected chi connectivity index (χ2v) is 4.94. The molecule has 0 unspecified atom stereocenters. The lowest BCUT2D eigenvalue weighted by Crippen LogP contribution is -2.04. The van der Waals surface area contributed by atoms with E-state index in [9.17, 15) is 4.79 Å². The third kappa shape index (κ3) is 3.27. The number of carbonyl (C=O) groups excluding carboxylic acids is 1. The van der Waals surface area contributed by atoms with Gasteiger partial charge in [-0.3, -0.25) is 9.78 Å². The highest BCUT2D eigenvalue weighted by Crippen LogP contribution is 2.21. The van der Waals surface area contributed by atoms with Gasteiger partial charge in [0.05, 0.1) is 5.51 Å². The molecule has 1 heterocycles. The van der Waals surface area contributed by atoms with Crippen molar-refractivity contribution in [2.45, 2.75) is 38.5 Å². The number of carbonyl (C=O) groups is 1. The average Bonchev–Trinajstić information content (AvgIpc) is 2.71. The summed E-state index contributed by atoms with van der Waals surface area (Å²) in [5.74, 6) is 0.326. The molecule has 0 atom stereocenters. The molecule has 0 bridgehead atoms. The van der Waals surface area contributed by atoms with Crippen molar-refractivity contribution in [2.75, 3.05) is 0 Å². The minimum absolute atomic E-state index is 0.326. The van der Waals surface area contributed by atoms with Gasteiger partial charge in [-0.05, 0) is 25.7 Å². The maximum atomic E-state index is 11.7. The van der Waals surface area contributed by atoms with Crippen molar-refractivity contribution < 1.29 is 4.79 Å². The lowest BCUT2D eigenvalue weighted by atomic mass is 9.95. The normalized spacial score (nSPS) is 16.1. The second kappa shape index (κ2) is 5.21. The number of thiazole rings is 1. The first-order chi connectivity index (χ1) is 7.34. The number of hydrogen-bond donors (Lipinski definition) is 0. The van der Waals surface area contributed by atoms with Crippen molar-refractivity contribution >= 4 is 17.1 Å². The Morgan fingerprint density at radius 1 is 1.40 bits per heavy atom. The Morgan fingerprint density at radius 2 is 2.33 bits per heavy atom.